The predicted octanol–water partition coefficient (Wildman–Crippen LogP) is 4.56. The molecule has 2 heteroatoms. The monoisotopic (exact) mass is 310 g/mol. The summed E-state index contributed by atoms with van der Waals surface area (Å²) in [5.74, 6) is 1.71. The van der Waals surface area contributed by atoms with Crippen molar-refractivity contribution in [2.24, 2.45) is 11.8 Å². The molecule has 124 valence electrons. The molecule has 0 radical (unpaired) electrons. The van der Waals surface area contributed by atoms with Gasteiger partial charge in [-0.3, -0.25) is 4.90 Å². The van der Waals surface area contributed by atoms with Crippen LogP contribution in [0, 0.1) is 23.2 Å². The lowest BCUT2D eigenvalue weighted by Crippen LogP contribution is -2.41. The van der Waals surface area contributed by atoms with Crippen molar-refractivity contribution in [3.8, 4) is 6.07 Å². The summed E-state index contributed by atoms with van der Waals surface area (Å²) < 4.78 is 0. The Morgan fingerprint density at radius 2 is 2.13 bits per heavy atom. The standard InChI is InChI=1S/C21H30N2/c1-15(2)4-5-18-10-16(3)23(14-18)21-9-8-19-7-6-17(13-22)11-20(19)12-21/h6-7,11,15-16,18,21H,4-5,8-10,12,14H2,1-3H3. The zero-order valence-electron chi connectivity index (χ0n) is 14.9. The minimum absolute atomic E-state index is 0.676. The van der Waals surface area contributed by atoms with Crippen molar-refractivity contribution in [2.45, 2.75) is 71.4 Å². The Morgan fingerprint density at radius 1 is 1.30 bits per heavy atom. The van der Waals surface area contributed by atoms with Gasteiger partial charge in [-0.2, -0.15) is 5.26 Å². The van der Waals surface area contributed by atoms with E-state index < -0.39 is 0 Å². The molecule has 2 nitrogen and oxygen atoms in total. The maximum atomic E-state index is 9.14. The number of hydrogen-bond acceptors (Lipinski definition) is 2. The fraction of sp³-hybridized carbons (Fsp3) is 0.667. The second-order valence-corrected chi connectivity index (χ2v) is 8.11. The summed E-state index contributed by atoms with van der Waals surface area (Å²) in [6.07, 6.45) is 7.71. The first-order valence-corrected chi connectivity index (χ1v) is 9.34. The average molecular weight is 310 g/mol. The maximum absolute atomic E-state index is 9.14. The highest BCUT2D eigenvalue weighted by atomic mass is 15.2. The normalized spacial score (nSPS) is 27.9. The Kier molecular flexibility index (Phi) is 5.07. The first kappa shape index (κ1) is 16.5. The van der Waals surface area contributed by atoms with Crippen LogP contribution in [0.2, 0.25) is 0 Å². The number of hydrogen-bond donors (Lipinski definition) is 0. The quantitative estimate of drug-likeness (QED) is 0.815. The third-order valence-corrected chi connectivity index (χ3v) is 5.87. The number of fused-ring (bicyclic) bond motifs is 1. The molecule has 1 aliphatic carbocycles. The fourth-order valence-electron chi connectivity index (χ4n) is 4.55. The first-order chi connectivity index (χ1) is 11.1. The van der Waals surface area contributed by atoms with E-state index in [4.69, 9.17) is 5.26 Å². The summed E-state index contributed by atoms with van der Waals surface area (Å²) in [4.78, 5) is 2.77. The second kappa shape index (κ2) is 7.05. The van der Waals surface area contributed by atoms with Gasteiger partial charge in [0.1, 0.15) is 0 Å². The molecule has 2 aliphatic rings. The highest BCUT2D eigenvalue weighted by Crippen LogP contribution is 2.34. The van der Waals surface area contributed by atoms with Crippen LogP contribution in [0.1, 0.15) is 63.1 Å². The molecule has 3 atom stereocenters. The van der Waals surface area contributed by atoms with Gasteiger partial charge in [0.15, 0.2) is 0 Å². The lowest BCUT2D eigenvalue weighted by atomic mass is 9.86. The molecule has 0 amide bonds. The van der Waals surface area contributed by atoms with Gasteiger partial charge in [0.05, 0.1) is 11.6 Å². The predicted molar refractivity (Wildman–Crippen MR) is 95.3 cm³/mol. The Labute approximate surface area is 141 Å². The molecule has 1 fully saturated rings. The van der Waals surface area contributed by atoms with Crippen LogP contribution in [0.3, 0.4) is 0 Å². The van der Waals surface area contributed by atoms with Crippen LogP contribution in [-0.4, -0.2) is 23.5 Å². The minimum atomic E-state index is 0.676. The molecule has 0 bridgehead atoms. The van der Waals surface area contributed by atoms with Crippen molar-refractivity contribution in [3.05, 3.63) is 34.9 Å². The second-order valence-electron chi connectivity index (χ2n) is 8.11. The van der Waals surface area contributed by atoms with Gasteiger partial charge in [-0.25, -0.2) is 0 Å². The van der Waals surface area contributed by atoms with E-state index in [-0.39, 0.29) is 0 Å². The van der Waals surface area contributed by atoms with Crippen LogP contribution in [0.4, 0.5) is 0 Å². The minimum Gasteiger partial charge on any atom is -0.297 e. The molecule has 0 spiro atoms. The SMILES string of the molecule is CC(C)CCC1CC(C)N(C2CCc3ccc(C#N)cc3C2)C1. The van der Waals surface area contributed by atoms with Crippen molar-refractivity contribution < 1.29 is 0 Å². The summed E-state index contributed by atoms with van der Waals surface area (Å²) in [5.41, 5.74) is 3.69. The van der Waals surface area contributed by atoms with Crippen LogP contribution in [-0.2, 0) is 12.8 Å². The number of aryl methyl sites for hydroxylation is 1. The highest BCUT2D eigenvalue weighted by Gasteiger charge is 2.35. The number of rotatable bonds is 4. The first-order valence-electron chi connectivity index (χ1n) is 9.34. The van der Waals surface area contributed by atoms with E-state index in [1.54, 1.807) is 0 Å². The summed E-state index contributed by atoms with van der Waals surface area (Å²) in [7, 11) is 0. The summed E-state index contributed by atoms with van der Waals surface area (Å²) >= 11 is 0. The molecule has 0 saturated carbocycles. The number of nitriles is 1. The zero-order valence-corrected chi connectivity index (χ0v) is 14.9. The summed E-state index contributed by atoms with van der Waals surface area (Å²) in [5, 5.41) is 9.14. The van der Waals surface area contributed by atoms with Crippen molar-refractivity contribution in [1.82, 2.24) is 4.90 Å². The van der Waals surface area contributed by atoms with Crippen LogP contribution in [0.25, 0.3) is 0 Å². The van der Waals surface area contributed by atoms with E-state index in [0.717, 1.165) is 29.9 Å². The van der Waals surface area contributed by atoms with Gasteiger partial charge in [0, 0.05) is 18.6 Å². The Bertz CT molecular complexity index is 584. The lowest BCUT2D eigenvalue weighted by molar-refractivity contribution is 0.169. The number of benzene rings is 1. The van der Waals surface area contributed by atoms with Gasteiger partial charge in [-0.15, -0.1) is 0 Å². The third-order valence-electron chi connectivity index (χ3n) is 5.87. The smallest absolute Gasteiger partial charge is 0.0991 e. The van der Waals surface area contributed by atoms with Crippen molar-refractivity contribution in [2.75, 3.05) is 6.54 Å². The molecule has 1 aromatic carbocycles. The van der Waals surface area contributed by atoms with Gasteiger partial charge >= 0.3 is 0 Å². The molecule has 1 aliphatic heterocycles. The summed E-state index contributed by atoms with van der Waals surface area (Å²) in [6.45, 7) is 8.37. The van der Waals surface area contributed by atoms with Crippen LogP contribution < -0.4 is 0 Å². The Morgan fingerprint density at radius 3 is 2.87 bits per heavy atom. The van der Waals surface area contributed by atoms with E-state index in [9.17, 15) is 0 Å². The number of nitrogens with zero attached hydrogens (tertiary/aromatic N) is 2. The third kappa shape index (κ3) is 3.78. The molecule has 0 N–H and O–H groups in total. The van der Waals surface area contributed by atoms with E-state index in [2.05, 4.69) is 43.9 Å². The Hall–Kier alpha value is -1.33. The molecular formula is C21H30N2. The molecule has 3 rings (SSSR count). The van der Waals surface area contributed by atoms with E-state index in [1.165, 1.54) is 49.8 Å². The largest absolute Gasteiger partial charge is 0.297 e. The van der Waals surface area contributed by atoms with Crippen molar-refractivity contribution >= 4 is 0 Å². The van der Waals surface area contributed by atoms with E-state index in [1.807, 2.05) is 6.07 Å². The van der Waals surface area contributed by atoms with Gasteiger partial charge in [0.2, 0.25) is 0 Å². The van der Waals surface area contributed by atoms with Crippen LogP contribution in [0.5, 0.6) is 0 Å². The van der Waals surface area contributed by atoms with Gasteiger partial charge in [0.25, 0.3) is 0 Å². The molecule has 1 aromatic rings. The number of likely N-dealkylation sites (tertiary alicyclic amines) is 1. The molecule has 0 aromatic heterocycles. The Balaban J connectivity index is 1.65. The molecular weight excluding hydrogens is 280 g/mol. The fourth-order valence-corrected chi connectivity index (χ4v) is 4.55. The maximum Gasteiger partial charge on any atom is 0.0991 e. The lowest BCUT2D eigenvalue weighted by Gasteiger charge is -2.35. The van der Waals surface area contributed by atoms with Gasteiger partial charge < -0.3 is 0 Å². The topological polar surface area (TPSA) is 27.0 Å². The summed E-state index contributed by atoms with van der Waals surface area (Å²) in [6, 6.07) is 9.95. The van der Waals surface area contributed by atoms with E-state index >= 15 is 0 Å². The molecule has 3 unspecified atom stereocenters. The van der Waals surface area contributed by atoms with Gasteiger partial charge in [-0.05, 0) is 74.1 Å². The molecule has 1 heterocycles. The molecule has 1 saturated heterocycles. The van der Waals surface area contributed by atoms with Gasteiger partial charge in [-0.1, -0.05) is 26.3 Å². The average Bonchev–Trinajstić information content (AvgIpc) is 2.92. The zero-order chi connectivity index (χ0) is 16.4. The van der Waals surface area contributed by atoms with Crippen LogP contribution in [0.15, 0.2) is 18.2 Å². The molecule has 23 heavy (non-hydrogen) atoms. The van der Waals surface area contributed by atoms with E-state index in [0.29, 0.717) is 6.04 Å². The van der Waals surface area contributed by atoms with Crippen molar-refractivity contribution in [3.63, 3.8) is 0 Å². The van der Waals surface area contributed by atoms with Crippen LogP contribution >= 0.6 is 0 Å². The van der Waals surface area contributed by atoms with Crippen molar-refractivity contribution in [1.29, 1.82) is 5.26 Å². The highest BCUT2D eigenvalue weighted by molar-refractivity contribution is 5.40.